The minimum Gasteiger partial charge on any atom is -0.359 e. The van der Waals surface area contributed by atoms with Gasteiger partial charge in [0.05, 0.1) is 5.69 Å². The number of thiazole rings is 1. The summed E-state index contributed by atoms with van der Waals surface area (Å²) in [7, 11) is 0. The maximum absolute atomic E-state index is 13.0. The predicted molar refractivity (Wildman–Crippen MR) is 129 cm³/mol. The van der Waals surface area contributed by atoms with Gasteiger partial charge in [-0.05, 0) is 62.9 Å². The van der Waals surface area contributed by atoms with Crippen molar-refractivity contribution in [2.75, 3.05) is 16.8 Å². The molecular weight excluding hydrogens is 402 g/mol. The fourth-order valence-electron chi connectivity index (χ4n) is 4.76. The van der Waals surface area contributed by atoms with Crippen molar-refractivity contribution in [3.63, 3.8) is 0 Å². The largest absolute Gasteiger partial charge is 0.359 e. The van der Waals surface area contributed by atoms with Gasteiger partial charge >= 0.3 is 0 Å². The fraction of sp³-hybridized carbons (Fsp3) is 0.385. The standard InChI is InChI=1S/C26H29N3OS/c1-17-8-10-19(11-9-17)25(30)29-15-14-20-16-21(12-13-23(20)29)24-18(2)31-26(28-24)27-22-6-4-3-5-7-22/h8-13,16,22H,3-7,14-15H2,1-2H3,(H,27,28). The lowest BCUT2D eigenvalue weighted by Gasteiger charge is -2.22. The Kier molecular flexibility index (Phi) is 5.53. The number of nitrogens with one attached hydrogen (secondary N) is 1. The summed E-state index contributed by atoms with van der Waals surface area (Å²) in [5.41, 5.74) is 6.38. The summed E-state index contributed by atoms with van der Waals surface area (Å²) in [6, 6.07) is 14.8. The molecule has 0 radical (unpaired) electrons. The van der Waals surface area contributed by atoms with E-state index in [-0.39, 0.29) is 5.91 Å². The van der Waals surface area contributed by atoms with Gasteiger partial charge in [0.2, 0.25) is 0 Å². The van der Waals surface area contributed by atoms with Crippen LogP contribution in [0.5, 0.6) is 0 Å². The van der Waals surface area contributed by atoms with Crippen LogP contribution in [0.3, 0.4) is 0 Å². The number of aromatic nitrogens is 1. The Morgan fingerprint density at radius 2 is 1.84 bits per heavy atom. The van der Waals surface area contributed by atoms with Crippen LogP contribution in [0, 0.1) is 13.8 Å². The highest BCUT2D eigenvalue weighted by Crippen LogP contribution is 2.37. The number of fused-ring (bicyclic) bond motifs is 1. The minimum absolute atomic E-state index is 0.0790. The van der Waals surface area contributed by atoms with E-state index in [1.807, 2.05) is 36.1 Å². The monoisotopic (exact) mass is 431 g/mol. The van der Waals surface area contributed by atoms with E-state index < -0.39 is 0 Å². The predicted octanol–water partition coefficient (Wildman–Crippen LogP) is 6.37. The third kappa shape index (κ3) is 4.11. The van der Waals surface area contributed by atoms with E-state index in [0.29, 0.717) is 6.04 Å². The summed E-state index contributed by atoms with van der Waals surface area (Å²) in [5, 5.41) is 4.70. The lowest BCUT2D eigenvalue weighted by Crippen LogP contribution is -2.28. The molecule has 0 spiro atoms. The molecule has 0 unspecified atom stereocenters. The van der Waals surface area contributed by atoms with Crippen molar-refractivity contribution in [3.8, 4) is 11.3 Å². The number of hydrogen-bond donors (Lipinski definition) is 1. The molecule has 5 rings (SSSR count). The first-order valence-corrected chi connectivity index (χ1v) is 12.2. The van der Waals surface area contributed by atoms with E-state index >= 15 is 0 Å². The van der Waals surface area contributed by atoms with Gasteiger partial charge < -0.3 is 10.2 Å². The van der Waals surface area contributed by atoms with Gasteiger partial charge in [0.15, 0.2) is 5.13 Å². The molecule has 1 N–H and O–H groups in total. The van der Waals surface area contributed by atoms with Crippen LogP contribution < -0.4 is 10.2 Å². The second kappa shape index (κ2) is 8.46. The number of rotatable bonds is 4. The molecule has 4 nitrogen and oxygen atoms in total. The third-order valence-electron chi connectivity index (χ3n) is 6.52. The van der Waals surface area contributed by atoms with Crippen molar-refractivity contribution in [2.24, 2.45) is 0 Å². The average Bonchev–Trinajstić information content (AvgIpc) is 3.37. The number of benzene rings is 2. The molecule has 0 atom stereocenters. The van der Waals surface area contributed by atoms with Crippen LogP contribution >= 0.6 is 11.3 Å². The van der Waals surface area contributed by atoms with Gasteiger partial charge in [-0.15, -0.1) is 11.3 Å². The number of hydrogen-bond acceptors (Lipinski definition) is 4. The van der Waals surface area contributed by atoms with Gasteiger partial charge in [-0.25, -0.2) is 4.98 Å². The zero-order valence-corrected chi connectivity index (χ0v) is 19.1. The first kappa shape index (κ1) is 20.3. The molecule has 2 aromatic carbocycles. The SMILES string of the molecule is Cc1ccc(C(=O)N2CCc3cc(-c4nc(NC5CCCCC5)sc4C)ccc32)cc1. The lowest BCUT2D eigenvalue weighted by molar-refractivity contribution is 0.0989. The van der Waals surface area contributed by atoms with E-state index in [4.69, 9.17) is 4.98 Å². The molecule has 0 saturated heterocycles. The molecule has 1 amide bonds. The molecule has 1 aliphatic heterocycles. The number of carbonyl (C=O) groups is 1. The second-order valence-corrected chi connectivity index (χ2v) is 10.0. The van der Waals surface area contributed by atoms with Gasteiger partial charge in [-0.1, -0.05) is 43.0 Å². The van der Waals surface area contributed by atoms with E-state index in [2.05, 4.69) is 30.4 Å². The highest BCUT2D eigenvalue weighted by Gasteiger charge is 2.26. The summed E-state index contributed by atoms with van der Waals surface area (Å²) in [6.45, 7) is 4.92. The maximum Gasteiger partial charge on any atom is 0.258 e. The van der Waals surface area contributed by atoms with E-state index in [1.165, 1.54) is 48.1 Å². The molecule has 2 aliphatic rings. The van der Waals surface area contributed by atoms with Crippen LogP contribution in [0.1, 0.15) is 58.5 Å². The van der Waals surface area contributed by atoms with Crippen LogP contribution in [0.15, 0.2) is 42.5 Å². The topological polar surface area (TPSA) is 45.2 Å². The molecular formula is C26H29N3OS. The summed E-state index contributed by atoms with van der Waals surface area (Å²) in [6.07, 6.45) is 7.38. The van der Waals surface area contributed by atoms with Crippen molar-refractivity contribution in [3.05, 3.63) is 64.0 Å². The molecule has 1 aromatic heterocycles. The van der Waals surface area contributed by atoms with E-state index in [0.717, 1.165) is 40.6 Å². The molecule has 2 heterocycles. The Bertz CT molecular complexity index is 1100. The second-order valence-electron chi connectivity index (χ2n) is 8.82. The summed E-state index contributed by atoms with van der Waals surface area (Å²) in [4.78, 5) is 21.1. The maximum atomic E-state index is 13.0. The van der Waals surface area contributed by atoms with E-state index in [1.54, 1.807) is 11.3 Å². The van der Waals surface area contributed by atoms with Crippen LogP contribution in [-0.4, -0.2) is 23.5 Å². The smallest absolute Gasteiger partial charge is 0.258 e. The van der Waals surface area contributed by atoms with Crippen LogP contribution in [-0.2, 0) is 6.42 Å². The van der Waals surface area contributed by atoms with Crippen molar-refractivity contribution < 1.29 is 4.79 Å². The summed E-state index contributed by atoms with van der Waals surface area (Å²) >= 11 is 1.75. The number of carbonyl (C=O) groups excluding carboxylic acids is 1. The molecule has 160 valence electrons. The van der Waals surface area contributed by atoms with Crippen molar-refractivity contribution >= 4 is 28.1 Å². The van der Waals surface area contributed by atoms with Crippen LogP contribution in [0.2, 0.25) is 0 Å². The van der Waals surface area contributed by atoms with Gasteiger partial charge in [0, 0.05) is 34.3 Å². The molecule has 1 fully saturated rings. The molecule has 3 aromatic rings. The van der Waals surface area contributed by atoms with Crippen molar-refractivity contribution in [1.29, 1.82) is 0 Å². The van der Waals surface area contributed by atoms with Crippen molar-refractivity contribution in [1.82, 2.24) is 4.98 Å². The minimum atomic E-state index is 0.0790. The van der Waals surface area contributed by atoms with Gasteiger partial charge in [-0.3, -0.25) is 4.79 Å². The first-order valence-electron chi connectivity index (χ1n) is 11.3. The highest BCUT2D eigenvalue weighted by molar-refractivity contribution is 7.16. The quantitative estimate of drug-likeness (QED) is 0.522. The highest BCUT2D eigenvalue weighted by atomic mass is 32.1. The van der Waals surface area contributed by atoms with Gasteiger partial charge in [0.25, 0.3) is 5.91 Å². The molecule has 5 heteroatoms. The van der Waals surface area contributed by atoms with Gasteiger partial charge in [0.1, 0.15) is 0 Å². The number of aryl methyl sites for hydroxylation is 2. The van der Waals surface area contributed by atoms with E-state index in [9.17, 15) is 4.79 Å². The lowest BCUT2D eigenvalue weighted by atomic mass is 9.96. The Morgan fingerprint density at radius 3 is 2.61 bits per heavy atom. The number of nitrogens with zero attached hydrogens (tertiary/aromatic N) is 2. The van der Waals surface area contributed by atoms with Crippen molar-refractivity contribution in [2.45, 2.75) is 58.4 Å². The summed E-state index contributed by atoms with van der Waals surface area (Å²) in [5.74, 6) is 0.0790. The zero-order valence-electron chi connectivity index (χ0n) is 18.3. The molecule has 0 bridgehead atoms. The molecule has 31 heavy (non-hydrogen) atoms. The van der Waals surface area contributed by atoms with Crippen LogP contribution in [0.25, 0.3) is 11.3 Å². The Labute approximate surface area is 188 Å². The van der Waals surface area contributed by atoms with Crippen LogP contribution in [0.4, 0.5) is 10.8 Å². The normalized spacial score (nSPS) is 16.4. The molecule has 1 aliphatic carbocycles. The third-order valence-corrected chi connectivity index (χ3v) is 7.42. The number of anilines is 2. The number of amides is 1. The van der Waals surface area contributed by atoms with Gasteiger partial charge in [-0.2, -0.15) is 0 Å². The Hall–Kier alpha value is -2.66. The zero-order chi connectivity index (χ0) is 21.4. The Balaban J connectivity index is 1.36. The first-order chi connectivity index (χ1) is 15.1. The molecule has 1 saturated carbocycles. The summed E-state index contributed by atoms with van der Waals surface area (Å²) < 4.78 is 0. The average molecular weight is 432 g/mol. The fourth-order valence-corrected chi connectivity index (χ4v) is 5.67. The Morgan fingerprint density at radius 1 is 1.06 bits per heavy atom.